The average molecular weight is 293 g/mol. The molecule has 0 amide bonds. The summed E-state index contributed by atoms with van der Waals surface area (Å²) in [5.41, 5.74) is 2.91. The van der Waals surface area contributed by atoms with Crippen LogP contribution in [0.4, 0.5) is 0 Å². The van der Waals surface area contributed by atoms with Crippen molar-refractivity contribution in [3.8, 4) is 0 Å². The molecule has 1 rings (SSSR count). The molecular formula is C19H36N2. The SMILES string of the molecule is C=C(C)C1C[C@@H](N(C)C)CC1C(=C)C(N(C)C)C(C)(C)C. The van der Waals surface area contributed by atoms with Gasteiger partial charge in [0.2, 0.25) is 0 Å². The smallest absolute Gasteiger partial charge is 0.0350 e. The Balaban J connectivity index is 3.05. The lowest BCUT2D eigenvalue weighted by molar-refractivity contribution is 0.168. The van der Waals surface area contributed by atoms with E-state index < -0.39 is 0 Å². The van der Waals surface area contributed by atoms with Crippen molar-refractivity contribution in [2.75, 3.05) is 28.2 Å². The zero-order valence-corrected chi connectivity index (χ0v) is 15.5. The maximum absolute atomic E-state index is 4.55. The molecule has 0 aromatic heterocycles. The van der Waals surface area contributed by atoms with E-state index in [1.165, 1.54) is 24.0 Å². The van der Waals surface area contributed by atoms with Crippen LogP contribution in [0.5, 0.6) is 0 Å². The van der Waals surface area contributed by atoms with E-state index in [0.717, 1.165) is 0 Å². The fraction of sp³-hybridized carbons (Fsp3) is 0.789. The number of hydrogen-bond donors (Lipinski definition) is 0. The van der Waals surface area contributed by atoms with Crippen molar-refractivity contribution in [2.24, 2.45) is 17.3 Å². The van der Waals surface area contributed by atoms with Crippen LogP contribution in [0.2, 0.25) is 0 Å². The zero-order chi connectivity index (χ0) is 16.5. The third-order valence-electron chi connectivity index (χ3n) is 5.07. The number of nitrogens with zero attached hydrogens (tertiary/aromatic N) is 2. The van der Waals surface area contributed by atoms with Gasteiger partial charge in [0.15, 0.2) is 0 Å². The normalized spacial score (nSPS) is 28.2. The van der Waals surface area contributed by atoms with E-state index in [9.17, 15) is 0 Å². The molecule has 2 nitrogen and oxygen atoms in total. The Labute approximate surface area is 132 Å². The van der Waals surface area contributed by atoms with Gasteiger partial charge in [-0.15, -0.1) is 0 Å². The Morgan fingerprint density at radius 3 is 1.81 bits per heavy atom. The molecule has 0 saturated heterocycles. The van der Waals surface area contributed by atoms with E-state index in [4.69, 9.17) is 0 Å². The van der Waals surface area contributed by atoms with Gasteiger partial charge in [-0.2, -0.15) is 0 Å². The van der Waals surface area contributed by atoms with E-state index in [2.05, 4.69) is 78.8 Å². The molecule has 1 fully saturated rings. The highest BCUT2D eigenvalue weighted by molar-refractivity contribution is 5.22. The van der Waals surface area contributed by atoms with Crippen molar-refractivity contribution in [3.05, 3.63) is 24.3 Å². The molecule has 3 unspecified atom stereocenters. The maximum Gasteiger partial charge on any atom is 0.0350 e. The average Bonchev–Trinajstić information content (AvgIpc) is 2.70. The molecule has 1 aliphatic rings. The lowest BCUT2D eigenvalue weighted by Crippen LogP contribution is -2.43. The molecule has 0 aliphatic heterocycles. The minimum absolute atomic E-state index is 0.205. The Hall–Kier alpha value is -0.600. The van der Waals surface area contributed by atoms with Crippen LogP contribution in [0.25, 0.3) is 0 Å². The number of rotatable bonds is 5. The van der Waals surface area contributed by atoms with Gasteiger partial charge in [-0.05, 0) is 65.2 Å². The van der Waals surface area contributed by atoms with Crippen molar-refractivity contribution in [2.45, 2.75) is 52.6 Å². The molecule has 0 N–H and O–H groups in total. The standard InChI is InChI=1S/C19H36N2/c1-13(2)16-11-15(20(7)8)12-17(16)14(3)18(21(9)10)19(4,5)6/h15-18H,1,3,11-12H2,2,4-10H3/t15-,16?,17?,18?/m1/s1. The van der Waals surface area contributed by atoms with Crippen LogP contribution >= 0.6 is 0 Å². The van der Waals surface area contributed by atoms with Crippen molar-refractivity contribution in [3.63, 3.8) is 0 Å². The van der Waals surface area contributed by atoms with Crippen LogP contribution in [-0.2, 0) is 0 Å². The van der Waals surface area contributed by atoms with Crippen LogP contribution in [0.3, 0.4) is 0 Å². The number of hydrogen-bond acceptors (Lipinski definition) is 2. The summed E-state index contributed by atoms with van der Waals surface area (Å²) in [6.07, 6.45) is 2.43. The molecule has 0 heterocycles. The van der Waals surface area contributed by atoms with Crippen LogP contribution in [0.15, 0.2) is 24.3 Å². The molecule has 122 valence electrons. The quantitative estimate of drug-likeness (QED) is 0.705. The fourth-order valence-electron chi connectivity index (χ4n) is 4.25. The van der Waals surface area contributed by atoms with Gasteiger partial charge >= 0.3 is 0 Å². The summed E-state index contributed by atoms with van der Waals surface area (Å²) < 4.78 is 0. The molecule has 2 heteroatoms. The van der Waals surface area contributed by atoms with Crippen molar-refractivity contribution in [1.29, 1.82) is 0 Å². The monoisotopic (exact) mass is 292 g/mol. The highest BCUT2D eigenvalue weighted by atomic mass is 15.1. The van der Waals surface area contributed by atoms with Crippen LogP contribution < -0.4 is 0 Å². The third kappa shape index (κ3) is 4.20. The third-order valence-corrected chi connectivity index (χ3v) is 5.07. The van der Waals surface area contributed by atoms with Crippen molar-refractivity contribution < 1.29 is 0 Å². The Morgan fingerprint density at radius 2 is 1.48 bits per heavy atom. The lowest BCUT2D eigenvalue weighted by atomic mass is 9.74. The summed E-state index contributed by atoms with van der Waals surface area (Å²) in [7, 11) is 8.74. The van der Waals surface area contributed by atoms with E-state index in [1.54, 1.807) is 0 Å². The molecule has 0 bridgehead atoms. The highest BCUT2D eigenvalue weighted by Gasteiger charge is 2.41. The topological polar surface area (TPSA) is 6.48 Å². The van der Waals surface area contributed by atoms with Gasteiger partial charge in [0, 0.05) is 12.1 Å². The maximum atomic E-state index is 4.55. The summed E-state index contributed by atoms with van der Waals surface area (Å²) in [6.45, 7) is 17.9. The predicted molar refractivity (Wildman–Crippen MR) is 94.6 cm³/mol. The lowest BCUT2D eigenvalue weighted by Gasteiger charge is -2.41. The van der Waals surface area contributed by atoms with Gasteiger partial charge in [0.05, 0.1) is 0 Å². The van der Waals surface area contributed by atoms with E-state index in [0.29, 0.717) is 23.9 Å². The summed E-state index contributed by atoms with van der Waals surface area (Å²) in [6, 6.07) is 1.06. The first-order chi connectivity index (χ1) is 9.46. The number of allylic oxidation sites excluding steroid dienone is 1. The molecule has 0 radical (unpaired) electrons. The predicted octanol–water partition coefficient (Wildman–Crippen LogP) is 4.05. The molecule has 1 aliphatic carbocycles. The van der Waals surface area contributed by atoms with Gasteiger partial charge in [-0.1, -0.05) is 45.1 Å². The Morgan fingerprint density at radius 1 is 1.00 bits per heavy atom. The van der Waals surface area contributed by atoms with Crippen LogP contribution in [0, 0.1) is 17.3 Å². The highest BCUT2D eigenvalue weighted by Crippen LogP contribution is 2.45. The van der Waals surface area contributed by atoms with Gasteiger partial charge < -0.3 is 9.80 Å². The fourth-order valence-corrected chi connectivity index (χ4v) is 4.25. The summed E-state index contributed by atoms with van der Waals surface area (Å²) >= 11 is 0. The second kappa shape index (κ2) is 6.66. The molecule has 0 aromatic carbocycles. The minimum Gasteiger partial charge on any atom is -0.306 e. The molecule has 0 spiro atoms. The second-order valence-corrected chi connectivity index (χ2v) is 8.46. The first-order valence-corrected chi connectivity index (χ1v) is 8.13. The van der Waals surface area contributed by atoms with E-state index in [1.807, 2.05) is 0 Å². The van der Waals surface area contributed by atoms with E-state index in [-0.39, 0.29) is 5.41 Å². The second-order valence-electron chi connectivity index (χ2n) is 8.46. The summed E-state index contributed by atoms with van der Waals surface area (Å²) in [5, 5.41) is 0. The van der Waals surface area contributed by atoms with Gasteiger partial charge in [-0.3, -0.25) is 0 Å². The van der Waals surface area contributed by atoms with E-state index >= 15 is 0 Å². The van der Waals surface area contributed by atoms with Gasteiger partial charge in [0.25, 0.3) is 0 Å². The van der Waals surface area contributed by atoms with Crippen LogP contribution in [-0.4, -0.2) is 50.1 Å². The number of likely N-dealkylation sites (N-methyl/N-ethyl adjacent to an activating group) is 1. The first kappa shape index (κ1) is 18.4. The van der Waals surface area contributed by atoms with Gasteiger partial charge in [-0.25, -0.2) is 0 Å². The molecule has 21 heavy (non-hydrogen) atoms. The summed E-state index contributed by atoms with van der Waals surface area (Å²) in [4.78, 5) is 4.70. The largest absolute Gasteiger partial charge is 0.306 e. The minimum atomic E-state index is 0.205. The summed E-state index contributed by atoms with van der Waals surface area (Å²) in [5.74, 6) is 1.14. The molecule has 1 saturated carbocycles. The molecular weight excluding hydrogens is 256 g/mol. The van der Waals surface area contributed by atoms with Crippen LogP contribution in [0.1, 0.15) is 40.5 Å². The molecule has 0 aromatic rings. The van der Waals surface area contributed by atoms with Crippen molar-refractivity contribution >= 4 is 0 Å². The van der Waals surface area contributed by atoms with Gasteiger partial charge in [0.1, 0.15) is 0 Å². The molecule has 4 atom stereocenters. The Bertz CT molecular complexity index is 387. The zero-order valence-electron chi connectivity index (χ0n) is 15.5. The first-order valence-electron chi connectivity index (χ1n) is 8.13. The van der Waals surface area contributed by atoms with Crippen molar-refractivity contribution in [1.82, 2.24) is 9.80 Å². The Kier molecular flexibility index (Phi) is 5.85.